The maximum absolute atomic E-state index is 2.37. The largest absolute Gasteiger partial charge is 0.0888 e. The lowest BCUT2D eigenvalue weighted by Crippen LogP contribution is -1.75. The molecule has 0 radical (unpaired) electrons. The minimum absolute atomic E-state index is 1.18. The molecule has 0 heterocycles. The molecule has 0 heteroatoms. The molecule has 0 bridgehead atoms. The van der Waals surface area contributed by atoms with E-state index in [-0.39, 0.29) is 0 Å². The van der Waals surface area contributed by atoms with Crippen molar-refractivity contribution in [2.24, 2.45) is 0 Å². The van der Waals surface area contributed by atoms with Crippen LogP contribution in [-0.2, 0) is 0 Å². The van der Waals surface area contributed by atoms with Gasteiger partial charge < -0.3 is 0 Å². The van der Waals surface area contributed by atoms with Crippen LogP contribution in [0.5, 0.6) is 0 Å². The molecule has 0 aliphatic rings. The summed E-state index contributed by atoms with van der Waals surface area (Å²) in [5.41, 5.74) is 0. The van der Waals surface area contributed by atoms with E-state index in [4.69, 9.17) is 0 Å². The molecule has 0 N–H and O–H groups in total. The summed E-state index contributed by atoms with van der Waals surface area (Å²) >= 11 is 0. The summed E-state index contributed by atoms with van der Waals surface area (Å²) in [5.74, 6) is 0. The van der Waals surface area contributed by atoms with E-state index >= 15 is 0 Å². The van der Waals surface area contributed by atoms with E-state index in [1.165, 1.54) is 64.2 Å². The lowest BCUT2D eigenvalue weighted by molar-refractivity contribution is 0.691. The van der Waals surface area contributed by atoms with Crippen molar-refractivity contribution in [3.63, 3.8) is 0 Å². The van der Waals surface area contributed by atoms with Gasteiger partial charge >= 0.3 is 0 Å². The maximum Gasteiger partial charge on any atom is -0.0351 e. The molecule has 0 aliphatic carbocycles. The molecule has 0 spiro atoms. The number of allylic oxidation sites excluding steroid dienone is 4. The van der Waals surface area contributed by atoms with E-state index in [9.17, 15) is 0 Å². The third kappa shape index (κ3) is 13.5. The molecule has 0 amide bonds. The van der Waals surface area contributed by atoms with Crippen molar-refractivity contribution in [2.45, 2.75) is 78.1 Å². The molecule has 16 heavy (non-hydrogen) atoms. The summed E-state index contributed by atoms with van der Waals surface area (Å²) < 4.78 is 0. The van der Waals surface area contributed by atoms with Gasteiger partial charge in [0.25, 0.3) is 0 Å². The van der Waals surface area contributed by atoms with Crippen LogP contribution in [-0.4, -0.2) is 0 Å². The molecule has 0 aromatic heterocycles. The van der Waals surface area contributed by atoms with E-state index in [1.807, 2.05) is 0 Å². The number of hydrogen-bond donors (Lipinski definition) is 0. The fraction of sp³-hybridized carbons (Fsp3) is 0.750. The monoisotopic (exact) mass is 222 g/mol. The van der Waals surface area contributed by atoms with Crippen LogP contribution in [0.1, 0.15) is 78.1 Å². The first-order chi connectivity index (χ1) is 7.91. The van der Waals surface area contributed by atoms with E-state index in [0.29, 0.717) is 0 Å². The minimum atomic E-state index is 1.18. The molecule has 0 fully saturated rings. The zero-order valence-corrected chi connectivity index (χ0v) is 11.4. The molecule has 0 saturated carbocycles. The van der Waals surface area contributed by atoms with Gasteiger partial charge in [0.1, 0.15) is 0 Å². The number of rotatable bonds is 11. The van der Waals surface area contributed by atoms with E-state index in [2.05, 4.69) is 38.2 Å². The molecular formula is C16H30. The fourth-order valence-corrected chi connectivity index (χ4v) is 1.73. The average molecular weight is 222 g/mol. The second kappa shape index (κ2) is 14.5. The highest BCUT2D eigenvalue weighted by atomic mass is 13.9. The Morgan fingerprint density at radius 2 is 1.06 bits per heavy atom. The van der Waals surface area contributed by atoms with Gasteiger partial charge in [0.15, 0.2) is 0 Å². The highest BCUT2D eigenvalue weighted by molar-refractivity contribution is 4.82. The molecule has 0 aromatic rings. The maximum atomic E-state index is 2.37. The van der Waals surface area contributed by atoms with Crippen molar-refractivity contribution >= 4 is 0 Å². The van der Waals surface area contributed by atoms with E-state index in [0.717, 1.165) is 0 Å². The topological polar surface area (TPSA) is 0 Å². The lowest BCUT2D eigenvalue weighted by atomic mass is 10.1. The summed E-state index contributed by atoms with van der Waals surface area (Å²) in [6, 6.07) is 0. The first-order valence-electron chi connectivity index (χ1n) is 7.21. The van der Waals surface area contributed by atoms with Gasteiger partial charge in [-0.25, -0.2) is 0 Å². The van der Waals surface area contributed by atoms with Crippen molar-refractivity contribution < 1.29 is 0 Å². The van der Waals surface area contributed by atoms with Crippen LogP contribution < -0.4 is 0 Å². The Labute approximate surface area is 103 Å². The quantitative estimate of drug-likeness (QED) is 0.295. The SMILES string of the molecule is CCC=CCCCCCC=CCCCCC. The summed E-state index contributed by atoms with van der Waals surface area (Å²) in [6.45, 7) is 4.45. The van der Waals surface area contributed by atoms with Crippen molar-refractivity contribution in [2.75, 3.05) is 0 Å². The van der Waals surface area contributed by atoms with Crippen LogP contribution in [0.4, 0.5) is 0 Å². The Morgan fingerprint density at radius 1 is 0.562 bits per heavy atom. The molecule has 0 atom stereocenters. The summed E-state index contributed by atoms with van der Waals surface area (Å²) in [6.07, 6.45) is 22.5. The lowest BCUT2D eigenvalue weighted by Gasteiger charge is -1.95. The Morgan fingerprint density at radius 3 is 1.56 bits per heavy atom. The summed E-state index contributed by atoms with van der Waals surface area (Å²) in [5, 5.41) is 0. The van der Waals surface area contributed by atoms with Gasteiger partial charge in [-0.3, -0.25) is 0 Å². The van der Waals surface area contributed by atoms with Crippen LogP contribution in [0.15, 0.2) is 24.3 Å². The van der Waals surface area contributed by atoms with Crippen LogP contribution in [0.2, 0.25) is 0 Å². The molecule has 0 rings (SSSR count). The Hall–Kier alpha value is -0.520. The Kier molecular flexibility index (Phi) is 14.0. The first kappa shape index (κ1) is 15.5. The predicted octanol–water partition coefficient (Wildman–Crippen LogP) is 6.04. The summed E-state index contributed by atoms with van der Waals surface area (Å²) in [7, 11) is 0. The molecular weight excluding hydrogens is 192 g/mol. The first-order valence-corrected chi connectivity index (χ1v) is 7.21. The van der Waals surface area contributed by atoms with E-state index in [1.54, 1.807) is 0 Å². The summed E-state index contributed by atoms with van der Waals surface area (Å²) in [4.78, 5) is 0. The third-order valence-electron chi connectivity index (χ3n) is 2.78. The molecule has 0 aromatic carbocycles. The predicted molar refractivity (Wildman–Crippen MR) is 75.8 cm³/mol. The smallest absolute Gasteiger partial charge is 0.0351 e. The normalized spacial score (nSPS) is 11.9. The van der Waals surface area contributed by atoms with Crippen LogP contribution in [0.25, 0.3) is 0 Å². The van der Waals surface area contributed by atoms with Crippen molar-refractivity contribution in [3.05, 3.63) is 24.3 Å². The fourth-order valence-electron chi connectivity index (χ4n) is 1.73. The molecule has 0 aliphatic heterocycles. The molecule has 0 saturated heterocycles. The number of hydrogen-bond acceptors (Lipinski definition) is 0. The van der Waals surface area contributed by atoms with E-state index < -0.39 is 0 Å². The number of unbranched alkanes of at least 4 members (excludes halogenated alkanes) is 7. The molecule has 0 unspecified atom stereocenters. The second-order valence-electron chi connectivity index (χ2n) is 4.48. The van der Waals surface area contributed by atoms with Gasteiger partial charge in [-0.2, -0.15) is 0 Å². The van der Waals surface area contributed by atoms with Crippen molar-refractivity contribution in [3.8, 4) is 0 Å². The van der Waals surface area contributed by atoms with Gasteiger partial charge in [0.05, 0.1) is 0 Å². The molecule has 0 nitrogen and oxygen atoms in total. The highest BCUT2D eigenvalue weighted by Gasteiger charge is 1.86. The second-order valence-corrected chi connectivity index (χ2v) is 4.48. The Balaban J connectivity index is 3.05. The zero-order chi connectivity index (χ0) is 11.9. The van der Waals surface area contributed by atoms with Crippen LogP contribution >= 0.6 is 0 Å². The molecule has 94 valence electrons. The van der Waals surface area contributed by atoms with Crippen molar-refractivity contribution in [1.82, 2.24) is 0 Å². The zero-order valence-electron chi connectivity index (χ0n) is 11.4. The van der Waals surface area contributed by atoms with Gasteiger partial charge in [-0.1, -0.05) is 57.4 Å². The average Bonchev–Trinajstić information content (AvgIpc) is 2.31. The van der Waals surface area contributed by atoms with Gasteiger partial charge in [-0.15, -0.1) is 0 Å². The van der Waals surface area contributed by atoms with Crippen LogP contribution in [0, 0.1) is 0 Å². The van der Waals surface area contributed by atoms with Gasteiger partial charge in [0.2, 0.25) is 0 Å². The third-order valence-corrected chi connectivity index (χ3v) is 2.78. The van der Waals surface area contributed by atoms with Crippen molar-refractivity contribution in [1.29, 1.82) is 0 Å². The minimum Gasteiger partial charge on any atom is -0.0888 e. The standard InChI is InChI=1S/C16H30/c1-3-5-7-9-11-13-15-16-14-12-10-8-6-4-2/h5,7,12,14H,3-4,6,8-11,13,15-16H2,1-2H3. The van der Waals surface area contributed by atoms with Gasteiger partial charge in [0, 0.05) is 0 Å². The Bertz CT molecular complexity index is 165. The highest BCUT2D eigenvalue weighted by Crippen LogP contribution is 2.06. The van der Waals surface area contributed by atoms with Gasteiger partial charge in [-0.05, 0) is 44.9 Å². The van der Waals surface area contributed by atoms with Crippen LogP contribution in [0.3, 0.4) is 0 Å².